The minimum absolute atomic E-state index is 0.0162. The number of halogens is 2. The summed E-state index contributed by atoms with van der Waals surface area (Å²) in [6, 6.07) is 8.17. The highest BCUT2D eigenvalue weighted by Gasteiger charge is 2.20. The fraction of sp³-hybridized carbons (Fsp3) is 0.0714. The van der Waals surface area contributed by atoms with E-state index in [1.165, 1.54) is 36.4 Å². The summed E-state index contributed by atoms with van der Waals surface area (Å²) < 4.78 is 27.1. The van der Waals surface area contributed by atoms with Gasteiger partial charge in [-0.3, -0.25) is 4.72 Å². The van der Waals surface area contributed by atoms with Gasteiger partial charge in [-0.15, -0.1) is 0 Å². The van der Waals surface area contributed by atoms with Crippen molar-refractivity contribution in [3.63, 3.8) is 0 Å². The Morgan fingerprint density at radius 1 is 1.14 bits per heavy atom. The first-order chi connectivity index (χ1) is 10.2. The van der Waals surface area contributed by atoms with Crippen molar-refractivity contribution in [2.75, 3.05) is 4.72 Å². The molecule has 0 atom stereocenters. The van der Waals surface area contributed by atoms with Crippen LogP contribution in [0.1, 0.15) is 15.9 Å². The van der Waals surface area contributed by atoms with E-state index in [0.717, 1.165) is 0 Å². The number of anilines is 1. The molecule has 0 aliphatic heterocycles. The molecule has 116 valence electrons. The predicted molar refractivity (Wildman–Crippen MR) is 85.4 cm³/mol. The third-order valence-corrected chi connectivity index (χ3v) is 5.12. The Morgan fingerprint density at radius 2 is 1.82 bits per heavy atom. The number of aryl methyl sites for hydroxylation is 1. The summed E-state index contributed by atoms with van der Waals surface area (Å²) in [5, 5.41) is 9.26. The van der Waals surface area contributed by atoms with E-state index in [-0.39, 0.29) is 21.2 Å². The van der Waals surface area contributed by atoms with E-state index < -0.39 is 16.0 Å². The Bertz CT molecular complexity index is 850. The van der Waals surface area contributed by atoms with Crippen LogP contribution < -0.4 is 4.72 Å². The number of benzene rings is 2. The molecule has 0 amide bonds. The molecule has 0 aliphatic carbocycles. The van der Waals surface area contributed by atoms with E-state index in [9.17, 15) is 13.2 Å². The number of nitrogens with one attached hydrogen (secondary N) is 1. The first-order valence-electron chi connectivity index (χ1n) is 6.02. The molecule has 0 radical (unpaired) electrons. The van der Waals surface area contributed by atoms with Gasteiger partial charge in [0.05, 0.1) is 10.6 Å². The van der Waals surface area contributed by atoms with Gasteiger partial charge in [-0.1, -0.05) is 29.3 Å². The zero-order chi connectivity index (χ0) is 16.5. The average Bonchev–Trinajstić information content (AvgIpc) is 2.42. The van der Waals surface area contributed by atoms with Crippen LogP contribution in [0, 0.1) is 6.92 Å². The van der Waals surface area contributed by atoms with Gasteiger partial charge >= 0.3 is 5.97 Å². The minimum atomic E-state index is -3.96. The smallest absolute Gasteiger partial charge is 0.335 e. The van der Waals surface area contributed by atoms with Crippen LogP contribution in [0.4, 0.5) is 5.69 Å². The van der Waals surface area contributed by atoms with Gasteiger partial charge in [0.1, 0.15) is 4.90 Å². The van der Waals surface area contributed by atoms with Crippen LogP contribution in [0.25, 0.3) is 0 Å². The molecule has 0 unspecified atom stereocenters. The molecular weight excluding hydrogens is 349 g/mol. The summed E-state index contributed by atoms with van der Waals surface area (Å²) in [4.78, 5) is 10.8. The van der Waals surface area contributed by atoms with Crippen molar-refractivity contribution in [2.45, 2.75) is 11.8 Å². The summed E-state index contributed by atoms with van der Waals surface area (Å²) in [5.41, 5.74) is 0.660. The lowest BCUT2D eigenvalue weighted by Crippen LogP contribution is -2.14. The molecule has 0 aliphatic rings. The fourth-order valence-electron chi connectivity index (χ4n) is 1.76. The van der Waals surface area contributed by atoms with Gasteiger partial charge in [0.25, 0.3) is 10.0 Å². The van der Waals surface area contributed by atoms with Crippen LogP contribution in [0.5, 0.6) is 0 Å². The van der Waals surface area contributed by atoms with Crippen LogP contribution in [-0.4, -0.2) is 19.5 Å². The number of aromatic carboxylic acids is 1. The van der Waals surface area contributed by atoms with Crippen molar-refractivity contribution >= 4 is 44.9 Å². The number of sulfonamides is 1. The van der Waals surface area contributed by atoms with Crippen molar-refractivity contribution in [1.82, 2.24) is 0 Å². The molecule has 2 aromatic rings. The van der Waals surface area contributed by atoms with E-state index in [1.54, 1.807) is 6.92 Å². The maximum atomic E-state index is 12.4. The normalized spacial score (nSPS) is 11.2. The van der Waals surface area contributed by atoms with E-state index in [1.807, 2.05) is 0 Å². The minimum Gasteiger partial charge on any atom is -0.478 e. The van der Waals surface area contributed by atoms with Gasteiger partial charge in [0.2, 0.25) is 0 Å². The lowest BCUT2D eigenvalue weighted by molar-refractivity contribution is 0.0697. The van der Waals surface area contributed by atoms with Gasteiger partial charge in [-0.05, 0) is 42.8 Å². The fourth-order valence-corrected chi connectivity index (χ4v) is 3.65. The average molecular weight is 360 g/mol. The molecule has 2 N–H and O–H groups in total. The third-order valence-electron chi connectivity index (χ3n) is 2.86. The van der Waals surface area contributed by atoms with E-state index in [2.05, 4.69) is 4.72 Å². The summed E-state index contributed by atoms with van der Waals surface area (Å²) >= 11 is 11.8. The number of rotatable bonds is 4. The zero-order valence-corrected chi connectivity index (χ0v) is 13.6. The molecule has 5 nitrogen and oxygen atoms in total. The highest BCUT2D eigenvalue weighted by Crippen LogP contribution is 2.29. The van der Waals surface area contributed by atoms with Gasteiger partial charge in [0, 0.05) is 10.7 Å². The topological polar surface area (TPSA) is 83.5 Å². The zero-order valence-electron chi connectivity index (χ0n) is 11.3. The van der Waals surface area contributed by atoms with Gasteiger partial charge in [-0.2, -0.15) is 0 Å². The molecule has 2 rings (SSSR count). The summed E-state index contributed by atoms with van der Waals surface area (Å²) in [6.45, 7) is 1.66. The van der Waals surface area contributed by atoms with Crippen molar-refractivity contribution in [2.24, 2.45) is 0 Å². The molecule has 0 aromatic heterocycles. The molecule has 22 heavy (non-hydrogen) atoms. The standard InChI is InChI=1S/C14H11Cl2NO4S/c1-8-5-13(12(16)7-11(8)15)22(20,21)17-10-4-2-3-9(6-10)14(18)19/h2-7,17H,1H3,(H,18,19). The van der Waals surface area contributed by atoms with Gasteiger partial charge in [-0.25, -0.2) is 13.2 Å². The number of hydrogen-bond acceptors (Lipinski definition) is 3. The van der Waals surface area contributed by atoms with Crippen molar-refractivity contribution in [3.8, 4) is 0 Å². The Morgan fingerprint density at radius 3 is 2.45 bits per heavy atom. The van der Waals surface area contributed by atoms with Crippen molar-refractivity contribution < 1.29 is 18.3 Å². The molecule has 2 aromatic carbocycles. The summed E-state index contributed by atoms with van der Waals surface area (Å²) in [7, 11) is -3.96. The third kappa shape index (κ3) is 3.52. The maximum Gasteiger partial charge on any atom is 0.335 e. The summed E-state index contributed by atoms with van der Waals surface area (Å²) in [5.74, 6) is -1.15. The Balaban J connectivity index is 2.42. The number of carbonyl (C=O) groups is 1. The Labute approximate surface area is 137 Å². The lowest BCUT2D eigenvalue weighted by Gasteiger charge is -2.11. The monoisotopic (exact) mass is 359 g/mol. The molecule has 8 heteroatoms. The SMILES string of the molecule is Cc1cc(S(=O)(=O)Nc2cccc(C(=O)O)c2)c(Cl)cc1Cl. The highest BCUT2D eigenvalue weighted by atomic mass is 35.5. The molecule has 0 saturated heterocycles. The molecule has 0 fully saturated rings. The van der Waals surface area contributed by atoms with E-state index in [4.69, 9.17) is 28.3 Å². The second-order valence-electron chi connectivity index (χ2n) is 4.52. The molecule has 0 bridgehead atoms. The first kappa shape index (κ1) is 16.6. The molecule has 0 saturated carbocycles. The van der Waals surface area contributed by atoms with E-state index in [0.29, 0.717) is 10.6 Å². The highest BCUT2D eigenvalue weighted by molar-refractivity contribution is 7.92. The molecule has 0 heterocycles. The van der Waals surface area contributed by atoms with Crippen LogP contribution in [-0.2, 0) is 10.0 Å². The van der Waals surface area contributed by atoms with Crippen molar-refractivity contribution in [3.05, 3.63) is 57.6 Å². The second-order valence-corrected chi connectivity index (χ2v) is 6.99. The lowest BCUT2D eigenvalue weighted by atomic mass is 10.2. The van der Waals surface area contributed by atoms with Crippen LogP contribution >= 0.6 is 23.2 Å². The largest absolute Gasteiger partial charge is 0.478 e. The second kappa shape index (κ2) is 6.16. The Kier molecular flexibility index (Phi) is 4.65. The maximum absolute atomic E-state index is 12.4. The number of carboxylic acids is 1. The molecule has 0 spiro atoms. The van der Waals surface area contributed by atoms with Gasteiger partial charge < -0.3 is 5.11 Å². The van der Waals surface area contributed by atoms with Crippen molar-refractivity contribution in [1.29, 1.82) is 0 Å². The van der Waals surface area contributed by atoms with Crippen LogP contribution in [0.3, 0.4) is 0 Å². The van der Waals surface area contributed by atoms with Crippen LogP contribution in [0.15, 0.2) is 41.3 Å². The summed E-state index contributed by atoms with van der Waals surface area (Å²) in [6.07, 6.45) is 0. The quantitative estimate of drug-likeness (QED) is 0.869. The Hall–Kier alpha value is -1.76. The number of carboxylic acid groups (broad SMARTS) is 1. The molecular formula is C14H11Cl2NO4S. The van der Waals surface area contributed by atoms with Crippen LogP contribution in [0.2, 0.25) is 10.0 Å². The first-order valence-corrected chi connectivity index (χ1v) is 8.26. The van der Waals surface area contributed by atoms with Gasteiger partial charge in [0.15, 0.2) is 0 Å². The number of hydrogen-bond donors (Lipinski definition) is 2. The van der Waals surface area contributed by atoms with E-state index >= 15 is 0 Å². The predicted octanol–water partition coefficient (Wildman–Crippen LogP) is 3.80.